The van der Waals surface area contributed by atoms with Gasteiger partial charge < -0.3 is 20.7 Å². The van der Waals surface area contributed by atoms with Gasteiger partial charge in [0.25, 0.3) is 0 Å². The van der Waals surface area contributed by atoms with Crippen molar-refractivity contribution in [2.24, 2.45) is 5.73 Å². The number of anilines is 1. The highest BCUT2D eigenvalue weighted by molar-refractivity contribution is 7.99. The van der Waals surface area contributed by atoms with Gasteiger partial charge in [0, 0.05) is 45.0 Å². The largest absolute Gasteiger partial charge is 0.374 e. The lowest BCUT2D eigenvalue weighted by molar-refractivity contribution is -0.114. The van der Waals surface area contributed by atoms with Gasteiger partial charge in [0.1, 0.15) is 12.0 Å². The maximum Gasteiger partial charge on any atom is 0.250 e. The van der Waals surface area contributed by atoms with E-state index in [1.807, 2.05) is 32.0 Å². The molecule has 0 spiro atoms. The van der Waals surface area contributed by atoms with E-state index < -0.39 is 12.0 Å². The Labute approximate surface area is 172 Å². The first kappa shape index (κ1) is 19.7. The van der Waals surface area contributed by atoms with Crippen LogP contribution in [0.4, 0.5) is 10.1 Å². The number of fused-ring (bicyclic) bond motifs is 2. The molecular weight excluding hydrogens is 389 g/mol. The van der Waals surface area contributed by atoms with Gasteiger partial charge >= 0.3 is 0 Å². The van der Waals surface area contributed by atoms with E-state index in [0.29, 0.717) is 34.3 Å². The molecule has 29 heavy (non-hydrogen) atoms. The molecule has 1 unspecified atom stereocenters. The molecule has 0 saturated heterocycles. The van der Waals surface area contributed by atoms with Crippen molar-refractivity contribution in [2.75, 3.05) is 17.2 Å². The Morgan fingerprint density at radius 2 is 2.21 bits per heavy atom. The Kier molecular flexibility index (Phi) is 4.98. The predicted molar refractivity (Wildman–Crippen MR) is 116 cm³/mol. The molecule has 2 heterocycles. The number of hydrogen-bond acceptors (Lipinski definition) is 4. The van der Waals surface area contributed by atoms with Gasteiger partial charge in [-0.1, -0.05) is 18.7 Å². The molecular formula is C22H22FN3O2S. The number of thioether (sulfide) groups is 1. The van der Waals surface area contributed by atoms with Crippen molar-refractivity contribution in [2.45, 2.75) is 25.0 Å². The molecule has 4 N–H and O–H groups in total. The summed E-state index contributed by atoms with van der Waals surface area (Å²) in [5.74, 6) is 0.0731. The molecule has 0 fully saturated rings. The minimum atomic E-state index is -1.29. The first-order chi connectivity index (χ1) is 13.8. The average molecular weight is 412 g/mol. The van der Waals surface area contributed by atoms with Gasteiger partial charge in [-0.2, -0.15) is 0 Å². The molecule has 2 aromatic carbocycles. The molecule has 0 radical (unpaired) electrons. The number of aliphatic hydroxyl groups is 1. The van der Waals surface area contributed by atoms with Gasteiger partial charge in [-0.3, -0.25) is 4.79 Å². The number of nitrogens with one attached hydrogen (secondary N) is 1. The van der Waals surface area contributed by atoms with E-state index in [-0.39, 0.29) is 5.91 Å². The molecule has 1 aliphatic rings. The zero-order chi connectivity index (χ0) is 20.9. The smallest absolute Gasteiger partial charge is 0.250 e. The molecule has 150 valence electrons. The van der Waals surface area contributed by atoms with Gasteiger partial charge in [-0.25, -0.2) is 4.39 Å². The first-order valence-electron chi connectivity index (χ1n) is 9.30. The number of aromatic nitrogens is 1. The van der Waals surface area contributed by atoms with Gasteiger partial charge in [-0.05, 0) is 37.6 Å². The second-order valence-electron chi connectivity index (χ2n) is 7.09. The van der Waals surface area contributed by atoms with Crippen LogP contribution in [0.5, 0.6) is 0 Å². The SMILES string of the molecule is C=CC(=O)N1CCSc2c(-c3c(F)cc(C(N)O)c4[nH]c(C)c(C)c34)cccc21. The van der Waals surface area contributed by atoms with Crippen LogP contribution >= 0.6 is 11.8 Å². The summed E-state index contributed by atoms with van der Waals surface area (Å²) in [6.07, 6.45) is 0.000698. The van der Waals surface area contributed by atoms with Crippen molar-refractivity contribution < 1.29 is 14.3 Å². The van der Waals surface area contributed by atoms with Crippen LogP contribution in [-0.4, -0.2) is 28.3 Å². The van der Waals surface area contributed by atoms with Crippen LogP contribution in [0.1, 0.15) is 23.0 Å². The normalized spacial score (nSPS) is 14.7. The lowest BCUT2D eigenvalue weighted by Crippen LogP contribution is -2.34. The molecule has 0 aliphatic carbocycles. The van der Waals surface area contributed by atoms with Crippen molar-refractivity contribution in [1.82, 2.24) is 4.98 Å². The number of carbonyl (C=O) groups is 1. The zero-order valence-corrected chi connectivity index (χ0v) is 17.1. The molecule has 0 bridgehead atoms. The fourth-order valence-corrected chi connectivity index (χ4v) is 5.06. The van der Waals surface area contributed by atoms with E-state index in [4.69, 9.17) is 5.73 Å². The van der Waals surface area contributed by atoms with Crippen LogP contribution in [0.3, 0.4) is 0 Å². The van der Waals surface area contributed by atoms with Crippen LogP contribution in [0.2, 0.25) is 0 Å². The average Bonchev–Trinajstić information content (AvgIpc) is 3.00. The molecule has 1 amide bonds. The minimum Gasteiger partial charge on any atom is -0.374 e. The third-order valence-electron chi connectivity index (χ3n) is 5.43. The molecule has 1 aromatic heterocycles. The summed E-state index contributed by atoms with van der Waals surface area (Å²) in [5.41, 5.74) is 10.3. The highest BCUT2D eigenvalue weighted by Crippen LogP contribution is 2.46. The number of aromatic amines is 1. The minimum absolute atomic E-state index is 0.176. The Balaban J connectivity index is 2.05. The van der Waals surface area contributed by atoms with E-state index in [2.05, 4.69) is 11.6 Å². The van der Waals surface area contributed by atoms with Crippen molar-refractivity contribution in [1.29, 1.82) is 0 Å². The number of halogens is 1. The molecule has 1 aliphatic heterocycles. The van der Waals surface area contributed by atoms with Crippen LogP contribution in [0.25, 0.3) is 22.0 Å². The number of benzene rings is 2. The topological polar surface area (TPSA) is 82.3 Å². The standard InChI is InChI=1S/C22H22FN3O2S/c1-4-17(27)26-8-9-29-21-13(6-5-7-16(21)26)19-15(23)10-14(22(24)28)20-18(19)11(2)12(3)25-20/h4-7,10,22,25,28H,1,8-9,24H2,2-3H3. The van der Waals surface area contributed by atoms with Gasteiger partial charge in [0.05, 0.1) is 11.2 Å². The number of carbonyl (C=O) groups excluding carboxylic acids is 1. The van der Waals surface area contributed by atoms with Crippen molar-refractivity contribution in [3.63, 3.8) is 0 Å². The summed E-state index contributed by atoms with van der Waals surface area (Å²) < 4.78 is 15.4. The van der Waals surface area contributed by atoms with Crippen molar-refractivity contribution in [3.8, 4) is 11.1 Å². The van der Waals surface area contributed by atoms with E-state index in [9.17, 15) is 9.90 Å². The van der Waals surface area contributed by atoms with Gasteiger partial charge in [-0.15, -0.1) is 11.8 Å². The van der Waals surface area contributed by atoms with E-state index >= 15 is 4.39 Å². The Bertz CT molecular complexity index is 1150. The lowest BCUT2D eigenvalue weighted by atomic mass is 9.95. The second kappa shape index (κ2) is 7.33. The summed E-state index contributed by atoms with van der Waals surface area (Å²) in [6.45, 7) is 7.98. The summed E-state index contributed by atoms with van der Waals surface area (Å²) >= 11 is 1.60. The maximum absolute atomic E-state index is 15.4. The molecule has 4 rings (SSSR count). The highest BCUT2D eigenvalue weighted by Gasteiger charge is 2.27. The van der Waals surface area contributed by atoms with Crippen molar-refractivity contribution >= 4 is 34.3 Å². The molecule has 0 saturated carbocycles. The number of hydrogen-bond donors (Lipinski definition) is 3. The molecule has 7 heteroatoms. The van der Waals surface area contributed by atoms with Crippen LogP contribution in [0.15, 0.2) is 41.8 Å². The highest BCUT2D eigenvalue weighted by atomic mass is 32.2. The third kappa shape index (κ3) is 3.06. The third-order valence-corrected chi connectivity index (χ3v) is 6.54. The second-order valence-corrected chi connectivity index (χ2v) is 8.19. The number of aryl methyl sites for hydroxylation is 2. The lowest BCUT2D eigenvalue weighted by Gasteiger charge is -2.30. The van der Waals surface area contributed by atoms with Crippen LogP contribution in [0, 0.1) is 19.7 Å². The number of H-pyrrole nitrogens is 1. The monoisotopic (exact) mass is 411 g/mol. The Hall–Kier alpha value is -2.61. The van der Waals surface area contributed by atoms with E-state index in [0.717, 1.165) is 27.4 Å². The van der Waals surface area contributed by atoms with Gasteiger partial charge in [0.2, 0.25) is 5.91 Å². The van der Waals surface area contributed by atoms with E-state index in [1.165, 1.54) is 12.1 Å². The number of nitrogens with zero attached hydrogens (tertiary/aromatic N) is 1. The summed E-state index contributed by atoms with van der Waals surface area (Å²) in [5, 5.41) is 10.7. The molecule has 3 aromatic rings. The van der Waals surface area contributed by atoms with Crippen molar-refractivity contribution in [3.05, 3.63) is 59.6 Å². The summed E-state index contributed by atoms with van der Waals surface area (Å²) in [4.78, 5) is 18.1. The van der Waals surface area contributed by atoms with Crippen LogP contribution in [-0.2, 0) is 4.79 Å². The zero-order valence-electron chi connectivity index (χ0n) is 16.3. The summed E-state index contributed by atoms with van der Waals surface area (Å²) in [7, 11) is 0. The summed E-state index contributed by atoms with van der Waals surface area (Å²) in [6, 6.07) is 6.85. The number of rotatable bonds is 3. The molecule has 5 nitrogen and oxygen atoms in total. The quantitative estimate of drug-likeness (QED) is 0.446. The fourth-order valence-electron chi connectivity index (χ4n) is 3.93. The Morgan fingerprint density at radius 1 is 1.45 bits per heavy atom. The number of amides is 1. The number of aliphatic hydroxyl groups excluding tert-OH is 1. The molecule has 1 atom stereocenters. The van der Waals surface area contributed by atoms with Crippen LogP contribution < -0.4 is 10.6 Å². The predicted octanol–water partition coefficient (Wildman–Crippen LogP) is 4.17. The first-order valence-corrected chi connectivity index (χ1v) is 10.3. The van der Waals surface area contributed by atoms with E-state index in [1.54, 1.807) is 16.7 Å². The number of nitrogens with two attached hydrogens (primary N) is 1. The maximum atomic E-state index is 15.4. The fraction of sp³-hybridized carbons (Fsp3) is 0.227. The Morgan fingerprint density at radius 3 is 2.90 bits per heavy atom. The van der Waals surface area contributed by atoms with Gasteiger partial charge in [0.15, 0.2) is 0 Å².